The number of benzene rings is 1. The van der Waals surface area contributed by atoms with Gasteiger partial charge in [-0.05, 0) is 36.4 Å². The number of sulfone groups is 1. The third kappa shape index (κ3) is 3.61. The molecule has 0 radical (unpaired) electrons. The van der Waals surface area contributed by atoms with Gasteiger partial charge in [0.25, 0.3) is 0 Å². The van der Waals surface area contributed by atoms with Crippen molar-refractivity contribution in [1.82, 2.24) is 0 Å². The lowest BCUT2D eigenvalue weighted by molar-refractivity contribution is 0.476. The monoisotopic (exact) mass is 279 g/mol. The van der Waals surface area contributed by atoms with E-state index in [1.807, 2.05) is 19.1 Å². The van der Waals surface area contributed by atoms with Gasteiger partial charge >= 0.3 is 0 Å². The van der Waals surface area contributed by atoms with Crippen LogP contribution < -0.4 is 5.32 Å². The summed E-state index contributed by atoms with van der Waals surface area (Å²) < 4.78 is 28.2. The van der Waals surface area contributed by atoms with Gasteiger partial charge in [-0.2, -0.15) is 0 Å². The fourth-order valence-electron chi connectivity index (χ4n) is 1.72. The van der Waals surface area contributed by atoms with Crippen LogP contribution in [0.15, 0.2) is 45.7 Å². The summed E-state index contributed by atoms with van der Waals surface area (Å²) in [5.41, 5.74) is 0.863. The molecule has 0 saturated heterocycles. The van der Waals surface area contributed by atoms with Gasteiger partial charge in [-0.25, -0.2) is 8.42 Å². The van der Waals surface area contributed by atoms with Crippen LogP contribution in [-0.2, 0) is 22.8 Å². The zero-order valence-corrected chi connectivity index (χ0v) is 11.8. The molecule has 0 aliphatic rings. The molecule has 5 heteroatoms. The lowest BCUT2D eigenvalue weighted by Gasteiger charge is -2.05. The number of furan rings is 1. The molecule has 2 aromatic rings. The molecule has 0 atom stereocenters. The molecular weight excluding hydrogens is 262 g/mol. The normalized spacial score (nSPS) is 11.5. The van der Waals surface area contributed by atoms with E-state index in [4.69, 9.17) is 4.42 Å². The van der Waals surface area contributed by atoms with Crippen molar-refractivity contribution in [1.29, 1.82) is 0 Å². The lowest BCUT2D eigenvalue weighted by Crippen LogP contribution is -2.00. The fourth-order valence-corrected chi connectivity index (χ4v) is 2.35. The van der Waals surface area contributed by atoms with E-state index in [0.29, 0.717) is 11.4 Å². The molecule has 1 aromatic heterocycles. The molecule has 1 heterocycles. The van der Waals surface area contributed by atoms with Crippen molar-refractivity contribution >= 4 is 15.5 Å². The second-order valence-electron chi connectivity index (χ2n) is 4.37. The Morgan fingerprint density at radius 2 is 1.68 bits per heavy atom. The minimum atomic E-state index is -3.13. The molecule has 0 fully saturated rings. The van der Waals surface area contributed by atoms with E-state index in [1.54, 1.807) is 24.3 Å². The lowest BCUT2D eigenvalue weighted by atomic mass is 10.3. The molecule has 0 saturated carbocycles. The Bertz CT molecular complexity index is 642. The van der Waals surface area contributed by atoms with E-state index in [-0.39, 0.29) is 0 Å². The molecular formula is C14H17NO3S. The second kappa shape index (κ2) is 5.48. The van der Waals surface area contributed by atoms with Crippen LogP contribution >= 0.6 is 0 Å². The summed E-state index contributed by atoms with van der Waals surface area (Å²) in [6, 6.07) is 10.6. The van der Waals surface area contributed by atoms with E-state index < -0.39 is 9.84 Å². The third-order valence-corrected chi connectivity index (χ3v) is 3.94. The van der Waals surface area contributed by atoms with E-state index in [2.05, 4.69) is 5.32 Å². The van der Waals surface area contributed by atoms with Crippen LogP contribution in [0.3, 0.4) is 0 Å². The van der Waals surface area contributed by atoms with Crippen molar-refractivity contribution in [2.45, 2.75) is 24.8 Å². The van der Waals surface area contributed by atoms with Gasteiger partial charge in [0.2, 0.25) is 0 Å². The summed E-state index contributed by atoms with van der Waals surface area (Å²) in [7, 11) is -3.13. The largest absolute Gasteiger partial charge is 0.464 e. The quantitative estimate of drug-likeness (QED) is 0.914. The van der Waals surface area contributed by atoms with Crippen LogP contribution in [0.2, 0.25) is 0 Å². The van der Waals surface area contributed by atoms with Gasteiger partial charge in [0.05, 0.1) is 11.4 Å². The van der Waals surface area contributed by atoms with Gasteiger partial charge in [-0.3, -0.25) is 0 Å². The predicted molar refractivity (Wildman–Crippen MR) is 75.0 cm³/mol. The van der Waals surface area contributed by atoms with Crippen LogP contribution in [0, 0.1) is 0 Å². The van der Waals surface area contributed by atoms with Crippen molar-refractivity contribution in [2.24, 2.45) is 0 Å². The molecule has 0 bridgehead atoms. The van der Waals surface area contributed by atoms with Crippen LogP contribution in [-0.4, -0.2) is 14.7 Å². The molecule has 0 spiro atoms. The van der Waals surface area contributed by atoms with Gasteiger partial charge in [-0.15, -0.1) is 0 Å². The number of aryl methyl sites for hydroxylation is 1. The number of anilines is 1. The first kappa shape index (κ1) is 13.7. The highest BCUT2D eigenvalue weighted by Crippen LogP contribution is 2.15. The summed E-state index contributed by atoms with van der Waals surface area (Å²) in [4.78, 5) is 0.323. The Hall–Kier alpha value is -1.75. The summed E-state index contributed by atoms with van der Waals surface area (Å²) in [5.74, 6) is 1.83. The van der Waals surface area contributed by atoms with Gasteiger partial charge in [0, 0.05) is 18.4 Å². The molecule has 1 N–H and O–H groups in total. The maximum atomic E-state index is 11.3. The van der Waals surface area contributed by atoms with Crippen molar-refractivity contribution in [3.63, 3.8) is 0 Å². The van der Waals surface area contributed by atoms with Crippen LogP contribution in [0.1, 0.15) is 18.4 Å². The van der Waals surface area contributed by atoms with Crippen LogP contribution in [0.4, 0.5) is 5.69 Å². The Labute approximate surface area is 113 Å². The molecule has 1 aromatic carbocycles. The number of rotatable bonds is 5. The van der Waals surface area contributed by atoms with Gasteiger partial charge in [-0.1, -0.05) is 6.92 Å². The number of hydrogen-bond donors (Lipinski definition) is 1. The Balaban J connectivity index is 2.00. The first-order chi connectivity index (χ1) is 8.99. The van der Waals surface area contributed by atoms with Crippen molar-refractivity contribution in [2.75, 3.05) is 11.6 Å². The molecule has 0 aliphatic carbocycles. The average molecular weight is 279 g/mol. The molecule has 102 valence electrons. The highest BCUT2D eigenvalue weighted by Gasteiger charge is 2.06. The SMILES string of the molecule is CCc1ccc(CNc2ccc(S(C)(=O)=O)cc2)o1. The average Bonchev–Trinajstić information content (AvgIpc) is 2.84. The van der Waals surface area contributed by atoms with Crippen LogP contribution in [0.25, 0.3) is 0 Å². The minimum Gasteiger partial charge on any atom is -0.464 e. The number of nitrogens with one attached hydrogen (secondary N) is 1. The van der Waals surface area contributed by atoms with Crippen molar-refractivity contribution < 1.29 is 12.8 Å². The summed E-state index contributed by atoms with van der Waals surface area (Å²) in [6.07, 6.45) is 2.08. The molecule has 0 amide bonds. The smallest absolute Gasteiger partial charge is 0.175 e. The Morgan fingerprint density at radius 3 is 2.21 bits per heavy atom. The van der Waals surface area contributed by atoms with E-state index >= 15 is 0 Å². The van der Waals surface area contributed by atoms with Gasteiger partial charge < -0.3 is 9.73 Å². The first-order valence-electron chi connectivity index (χ1n) is 6.10. The molecule has 19 heavy (non-hydrogen) atoms. The zero-order valence-electron chi connectivity index (χ0n) is 11.0. The highest BCUT2D eigenvalue weighted by atomic mass is 32.2. The van der Waals surface area contributed by atoms with Gasteiger partial charge in [0.15, 0.2) is 9.84 Å². The third-order valence-electron chi connectivity index (χ3n) is 2.81. The highest BCUT2D eigenvalue weighted by molar-refractivity contribution is 7.90. The van der Waals surface area contributed by atoms with Crippen molar-refractivity contribution in [3.8, 4) is 0 Å². The Morgan fingerprint density at radius 1 is 1.05 bits per heavy atom. The minimum absolute atomic E-state index is 0.323. The molecule has 4 nitrogen and oxygen atoms in total. The van der Waals surface area contributed by atoms with E-state index in [9.17, 15) is 8.42 Å². The van der Waals surface area contributed by atoms with Gasteiger partial charge in [0.1, 0.15) is 11.5 Å². The maximum Gasteiger partial charge on any atom is 0.175 e. The second-order valence-corrected chi connectivity index (χ2v) is 6.39. The standard InChI is InChI=1S/C14H17NO3S/c1-3-12-6-7-13(18-12)10-15-11-4-8-14(9-5-11)19(2,16)17/h4-9,15H,3,10H2,1-2H3. The fraction of sp³-hybridized carbons (Fsp3) is 0.286. The molecule has 0 unspecified atom stereocenters. The maximum absolute atomic E-state index is 11.3. The molecule has 0 aliphatic heterocycles. The zero-order chi connectivity index (χ0) is 13.9. The van der Waals surface area contributed by atoms with Crippen molar-refractivity contribution in [3.05, 3.63) is 47.9 Å². The predicted octanol–water partition coefficient (Wildman–Crippen LogP) is 2.86. The topological polar surface area (TPSA) is 59.3 Å². The van der Waals surface area contributed by atoms with Crippen LogP contribution in [0.5, 0.6) is 0 Å². The summed E-state index contributed by atoms with van der Waals surface area (Å²) in [6.45, 7) is 2.62. The Kier molecular flexibility index (Phi) is 3.95. The van der Waals surface area contributed by atoms with E-state index in [1.165, 1.54) is 6.26 Å². The number of hydrogen-bond acceptors (Lipinski definition) is 4. The first-order valence-corrected chi connectivity index (χ1v) is 8.00. The molecule has 2 rings (SSSR count). The van der Waals surface area contributed by atoms with E-state index in [0.717, 1.165) is 23.6 Å². The summed E-state index contributed by atoms with van der Waals surface area (Å²) in [5, 5.41) is 3.19. The summed E-state index contributed by atoms with van der Waals surface area (Å²) >= 11 is 0.